The first-order valence-corrected chi connectivity index (χ1v) is 32.4. The number of furan rings is 1. The zero-order valence-corrected chi connectivity index (χ0v) is 51.1. The molecule has 0 bridgehead atoms. The van der Waals surface area contributed by atoms with Gasteiger partial charge in [0.1, 0.15) is 11.2 Å². The van der Waals surface area contributed by atoms with Crippen LogP contribution in [0, 0.1) is 0 Å². The Balaban J connectivity index is 0.000000138. The summed E-state index contributed by atoms with van der Waals surface area (Å²) in [6, 6.07) is 107. The number of fused-ring (bicyclic) bond motifs is 8. The minimum atomic E-state index is -0.100. The van der Waals surface area contributed by atoms with Crippen molar-refractivity contribution in [2.45, 2.75) is 31.1 Å². The Morgan fingerprint density at radius 2 is 0.793 bits per heavy atom. The van der Waals surface area contributed by atoms with Gasteiger partial charge in [-0.1, -0.05) is 299 Å². The van der Waals surface area contributed by atoms with Crippen LogP contribution in [0.25, 0.3) is 165 Å². The van der Waals surface area contributed by atoms with Crippen LogP contribution < -0.4 is 0 Å². The summed E-state index contributed by atoms with van der Waals surface area (Å²) in [4.78, 5) is 0. The van der Waals surface area contributed by atoms with Gasteiger partial charge < -0.3 is 4.42 Å². The lowest BCUT2D eigenvalue weighted by Gasteiger charge is -2.33. The average Bonchev–Trinajstić information content (AvgIpc) is 1.60. The highest BCUT2D eigenvalue weighted by Gasteiger charge is 2.38. The van der Waals surface area contributed by atoms with Gasteiger partial charge in [-0.05, 0) is 195 Å². The van der Waals surface area contributed by atoms with Crippen molar-refractivity contribution in [3.05, 3.63) is 337 Å². The number of hydrogen-bond acceptors (Lipinski definition) is 1. The Hall–Kier alpha value is -11.4. The van der Waals surface area contributed by atoms with E-state index in [4.69, 9.17) is 4.42 Å². The van der Waals surface area contributed by atoms with Gasteiger partial charge in [0.2, 0.25) is 0 Å². The summed E-state index contributed by atoms with van der Waals surface area (Å²) < 4.78 is 6.16. The molecule has 1 heteroatoms. The summed E-state index contributed by atoms with van der Waals surface area (Å²) in [6.45, 7) is 4.82. The van der Waals surface area contributed by atoms with Gasteiger partial charge in [0, 0.05) is 28.0 Å². The minimum Gasteiger partial charge on any atom is -0.456 e. The summed E-state index contributed by atoms with van der Waals surface area (Å²) in [6.07, 6.45) is 9.60. The Bertz CT molecular complexity index is 5940. The van der Waals surface area contributed by atoms with Gasteiger partial charge in [0.15, 0.2) is 0 Å². The fraction of sp³-hybridized carbons (Fsp3) is 0.0549. The molecule has 2 atom stereocenters. The van der Waals surface area contributed by atoms with Gasteiger partial charge in [0.25, 0.3) is 0 Å². The second-order valence-corrected chi connectivity index (χ2v) is 26.1. The highest BCUT2D eigenvalue weighted by Crippen LogP contribution is 2.54. The monoisotopic (exact) mass is 1170 g/mol. The van der Waals surface area contributed by atoms with Crippen LogP contribution in [0.3, 0.4) is 0 Å². The maximum absolute atomic E-state index is 6.16. The SMILES string of the molecule is CC1(C)c2cc(-c3ccc(-c4ccc5ccc6cccc7ccc4c5c67)cc3)ccc2-c2ccc(C3C=Cc4ccc5cccc6c5c4C3C=C6)cc21.c1ccc(-c2ccc3c(-c4ccc5oc6ccccc6c5c4)c4ccccc4c(-c4ccccc4)c3c2)cc1. The van der Waals surface area contributed by atoms with Crippen molar-refractivity contribution in [1.29, 1.82) is 0 Å². The van der Waals surface area contributed by atoms with Gasteiger partial charge in [-0.15, -0.1) is 0 Å². The van der Waals surface area contributed by atoms with Crippen molar-refractivity contribution < 1.29 is 4.42 Å². The fourth-order valence-corrected chi connectivity index (χ4v) is 16.4. The molecule has 0 fully saturated rings. The summed E-state index contributed by atoms with van der Waals surface area (Å²) in [5.41, 5.74) is 25.4. The predicted octanol–water partition coefficient (Wildman–Crippen LogP) is 25.2. The fourth-order valence-electron chi connectivity index (χ4n) is 16.4. The van der Waals surface area contributed by atoms with Crippen LogP contribution in [0.2, 0.25) is 0 Å². The Morgan fingerprint density at radius 1 is 0.283 bits per heavy atom. The highest BCUT2D eigenvalue weighted by atomic mass is 16.3. The lowest BCUT2D eigenvalue weighted by atomic mass is 9.71. The molecule has 17 aromatic rings. The first-order chi connectivity index (χ1) is 45.4. The predicted molar refractivity (Wildman–Crippen MR) is 391 cm³/mol. The second kappa shape index (κ2) is 20.3. The quantitative estimate of drug-likeness (QED) is 0.119. The molecule has 3 aliphatic carbocycles. The lowest BCUT2D eigenvalue weighted by Crippen LogP contribution is -2.18. The van der Waals surface area contributed by atoms with E-state index < -0.39 is 0 Å². The molecule has 2 unspecified atom stereocenters. The van der Waals surface area contributed by atoms with E-state index >= 15 is 0 Å². The largest absolute Gasteiger partial charge is 0.456 e. The molecule has 20 rings (SSSR count). The zero-order chi connectivity index (χ0) is 60.8. The third-order valence-electron chi connectivity index (χ3n) is 20.8. The summed E-state index contributed by atoms with van der Waals surface area (Å²) in [5.74, 6) is 0.652. The van der Waals surface area contributed by atoms with E-state index in [-0.39, 0.29) is 5.41 Å². The number of allylic oxidation sites excluding steroid dienone is 2. The molecule has 0 aliphatic heterocycles. The van der Waals surface area contributed by atoms with Crippen LogP contribution in [0.4, 0.5) is 0 Å². The number of rotatable bonds is 6. The summed E-state index contributed by atoms with van der Waals surface area (Å²) in [5, 5.41) is 18.1. The first-order valence-electron chi connectivity index (χ1n) is 32.4. The van der Waals surface area contributed by atoms with Crippen LogP contribution in [-0.4, -0.2) is 0 Å². The molecule has 0 amide bonds. The summed E-state index contributed by atoms with van der Waals surface area (Å²) in [7, 11) is 0. The molecule has 1 heterocycles. The van der Waals surface area contributed by atoms with E-state index in [1.165, 1.54) is 165 Å². The zero-order valence-electron chi connectivity index (χ0n) is 51.1. The van der Waals surface area contributed by atoms with Crippen LogP contribution >= 0.6 is 0 Å². The van der Waals surface area contributed by atoms with E-state index in [9.17, 15) is 0 Å². The lowest BCUT2D eigenvalue weighted by molar-refractivity contribution is 0.655. The van der Waals surface area contributed by atoms with E-state index in [0.29, 0.717) is 11.8 Å². The average molecular weight is 1170 g/mol. The van der Waals surface area contributed by atoms with Gasteiger partial charge in [-0.2, -0.15) is 0 Å². The van der Waals surface area contributed by atoms with Crippen LogP contribution in [0.1, 0.15) is 59.1 Å². The Labute approximate surface area is 534 Å². The van der Waals surface area contributed by atoms with Crippen molar-refractivity contribution in [3.8, 4) is 66.8 Å². The van der Waals surface area contributed by atoms with Crippen molar-refractivity contribution in [3.63, 3.8) is 0 Å². The van der Waals surface area contributed by atoms with E-state index in [1.54, 1.807) is 0 Å². The molecule has 1 aromatic heterocycles. The molecular weight excluding hydrogens is 1110 g/mol. The molecule has 92 heavy (non-hydrogen) atoms. The second-order valence-electron chi connectivity index (χ2n) is 26.1. The summed E-state index contributed by atoms with van der Waals surface area (Å²) >= 11 is 0. The number of hydrogen-bond donors (Lipinski definition) is 0. The maximum Gasteiger partial charge on any atom is 0.135 e. The highest BCUT2D eigenvalue weighted by molar-refractivity contribution is 6.26. The number of benzene rings is 16. The first kappa shape index (κ1) is 52.5. The van der Waals surface area contributed by atoms with Gasteiger partial charge in [0.05, 0.1) is 0 Å². The van der Waals surface area contributed by atoms with Crippen molar-refractivity contribution >= 4 is 98.7 Å². The Morgan fingerprint density at radius 3 is 1.59 bits per heavy atom. The topological polar surface area (TPSA) is 13.1 Å². The van der Waals surface area contributed by atoms with E-state index in [0.717, 1.165) is 21.9 Å². The molecule has 0 spiro atoms. The van der Waals surface area contributed by atoms with Crippen LogP contribution in [0.5, 0.6) is 0 Å². The van der Waals surface area contributed by atoms with Gasteiger partial charge >= 0.3 is 0 Å². The molecule has 0 saturated carbocycles. The van der Waals surface area contributed by atoms with E-state index in [2.05, 4.69) is 317 Å². The molecule has 3 aliphatic rings. The normalized spacial score (nSPS) is 15.1. The molecule has 16 aromatic carbocycles. The van der Waals surface area contributed by atoms with Crippen LogP contribution in [0.15, 0.2) is 308 Å². The van der Waals surface area contributed by atoms with Gasteiger partial charge in [-0.3, -0.25) is 0 Å². The molecule has 0 saturated heterocycles. The van der Waals surface area contributed by atoms with Crippen molar-refractivity contribution in [2.75, 3.05) is 0 Å². The molecular formula is C91H60O. The standard InChI is InChI=1S/C53H36.C38H24O/c1-53(2)47-29-39(31-9-11-32(12-10-31)41-23-17-37-15-13-33-5-3-7-35-19-27-45(41)51(37)49(33)35)21-25-43(47)44-26-22-40(30-48(44)53)42-24-18-38-16-14-34-6-4-8-36-20-28-46(42)52(38)50(34)36;1-3-11-25(12-4-1)27-19-21-32-34(23-27)37(26-13-5-2-6-14-26)30-16-7-8-17-31(30)38(32)28-20-22-36-33(24-28)29-15-9-10-18-35(29)39-36/h3-30,42,46H,1-2H3;1-24H. The smallest absolute Gasteiger partial charge is 0.135 e. The van der Waals surface area contributed by atoms with Crippen molar-refractivity contribution in [2.24, 2.45) is 0 Å². The minimum absolute atomic E-state index is 0.100. The molecule has 1 nitrogen and oxygen atoms in total. The third-order valence-corrected chi connectivity index (χ3v) is 20.8. The van der Waals surface area contributed by atoms with E-state index in [1.807, 2.05) is 12.1 Å². The molecule has 0 radical (unpaired) electrons. The molecule has 430 valence electrons. The van der Waals surface area contributed by atoms with Crippen LogP contribution in [-0.2, 0) is 5.41 Å². The number of para-hydroxylation sites is 1. The molecule has 0 N–H and O–H groups in total. The maximum atomic E-state index is 6.16. The van der Waals surface area contributed by atoms with Gasteiger partial charge in [-0.25, -0.2) is 0 Å². The van der Waals surface area contributed by atoms with Crippen molar-refractivity contribution in [1.82, 2.24) is 0 Å². The Kier molecular flexibility index (Phi) is 11.6. The third kappa shape index (κ3) is 8.05.